The molecule has 0 saturated heterocycles. The second kappa shape index (κ2) is 7.82. The number of hydrogen-bond acceptors (Lipinski definition) is 5. The molecular weight excluding hydrogens is 389 g/mol. The maximum absolute atomic E-state index is 13.0. The lowest BCUT2D eigenvalue weighted by molar-refractivity contribution is -0.384. The van der Waals surface area contributed by atoms with Crippen LogP contribution in [-0.2, 0) is 13.2 Å². The molecule has 1 N–H and O–H groups in total. The van der Waals surface area contributed by atoms with Gasteiger partial charge in [0.15, 0.2) is 0 Å². The molecule has 0 saturated carbocycles. The first kappa shape index (κ1) is 20.2. The van der Waals surface area contributed by atoms with E-state index in [4.69, 9.17) is 4.74 Å². The smallest absolute Gasteiger partial charge is 0.416 e. The SMILES string of the molecule is COc1ccccc1[C@H](Nc1ccc(C(F)(F)F)cc1[N+](=O)[O-])c1nccn1C. The summed E-state index contributed by atoms with van der Waals surface area (Å²) < 4.78 is 46.1. The lowest BCUT2D eigenvalue weighted by Crippen LogP contribution is -2.18. The molecule has 3 aromatic rings. The van der Waals surface area contributed by atoms with E-state index in [1.165, 1.54) is 7.11 Å². The summed E-state index contributed by atoms with van der Waals surface area (Å²) in [5.41, 5.74) is -1.23. The standard InChI is InChI=1S/C19H17F3N4O3/c1-25-10-9-23-18(25)17(13-5-3-4-6-16(13)29-2)24-14-8-7-12(19(20,21)22)11-15(14)26(27)28/h3-11,17,24H,1-2H3/t17-/m0/s1. The van der Waals surface area contributed by atoms with Crippen LogP contribution in [0.4, 0.5) is 24.5 Å². The molecule has 3 rings (SSSR count). The monoisotopic (exact) mass is 406 g/mol. The molecule has 152 valence electrons. The number of nitro benzene ring substituents is 1. The fraction of sp³-hybridized carbons (Fsp3) is 0.211. The third-order valence-electron chi connectivity index (χ3n) is 4.39. The predicted octanol–water partition coefficient (Wildman–Crippen LogP) is 4.56. The van der Waals surface area contributed by atoms with E-state index < -0.39 is 28.4 Å². The number of anilines is 1. The van der Waals surface area contributed by atoms with Crippen LogP contribution in [-0.4, -0.2) is 21.6 Å². The Balaban J connectivity index is 2.12. The van der Waals surface area contributed by atoms with Crippen LogP contribution >= 0.6 is 0 Å². The highest BCUT2D eigenvalue weighted by molar-refractivity contribution is 5.65. The van der Waals surface area contributed by atoms with E-state index >= 15 is 0 Å². The van der Waals surface area contributed by atoms with Gasteiger partial charge in [-0.15, -0.1) is 0 Å². The summed E-state index contributed by atoms with van der Waals surface area (Å²) in [4.78, 5) is 14.9. The second-order valence-corrected chi connectivity index (χ2v) is 6.20. The summed E-state index contributed by atoms with van der Waals surface area (Å²) in [6.45, 7) is 0. The molecule has 2 aromatic carbocycles. The summed E-state index contributed by atoms with van der Waals surface area (Å²) >= 11 is 0. The number of para-hydroxylation sites is 1. The average molecular weight is 406 g/mol. The van der Waals surface area contributed by atoms with E-state index in [9.17, 15) is 23.3 Å². The minimum atomic E-state index is -4.69. The number of nitrogens with one attached hydrogen (secondary N) is 1. The van der Waals surface area contributed by atoms with Gasteiger partial charge in [-0.1, -0.05) is 18.2 Å². The first-order chi connectivity index (χ1) is 13.7. The summed E-state index contributed by atoms with van der Waals surface area (Å²) in [7, 11) is 3.22. The third kappa shape index (κ3) is 4.15. The van der Waals surface area contributed by atoms with Crippen molar-refractivity contribution in [1.82, 2.24) is 9.55 Å². The summed E-state index contributed by atoms with van der Waals surface area (Å²) in [6.07, 6.45) is -1.44. The lowest BCUT2D eigenvalue weighted by atomic mass is 10.0. The second-order valence-electron chi connectivity index (χ2n) is 6.20. The summed E-state index contributed by atoms with van der Waals surface area (Å²) in [6, 6.07) is 8.64. The van der Waals surface area contributed by atoms with Crippen LogP contribution in [0.15, 0.2) is 54.9 Å². The Labute approximate surface area is 163 Å². The van der Waals surface area contributed by atoms with Gasteiger partial charge in [0, 0.05) is 31.1 Å². The van der Waals surface area contributed by atoms with Gasteiger partial charge in [0.2, 0.25) is 0 Å². The van der Waals surface area contributed by atoms with Gasteiger partial charge >= 0.3 is 6.18 Å². The normalized spacial score (nSPS) is 12.4. The third-order valence-corrected chi connectivity index (χ3v) is 4.39. The zero-order valence-corrected chi connectivity index (χ0v) is 15.5. The molecular formula is C19H17F3N4O3. The molecule has 29 heavy (non-hydrogen) atoms. The van der Waals surface area contributed by atoms with E-state index in [1.54, 1.807) is 48.3 Å². The van der Waals surface area contributed by atoms with E-state index in [-0.39, 0.29) is 5.69 Å². The van der Waals surface area contributed by atoms with E-state index in [2.05, 4.69) is 10.3 Å². The molecule has 1 aromatic heterocycles. The number of imidazole rings is 1. The summed E-state index contributed by atoms with van der Waals surface area (Å²) in [5, 5.41) is 14.4. The number of benzene rings is 2. The quantitative estimate of drug-likeness (QED) is 0.479. The van der Waals surface area contributed by atoms with Crippen LogP contribution in [0.2, 0.25) is 0 Å². The van der Waals surface area contributed by atoms with Crippen molar-refractivity contribution < 1.29 is 22.8 Å². The Morgan fingerprint density at radius 1 is 1.24 bits per heavy atom. The van der Waals surface area contributed by atoms with Crippen molar-refractivity contribution >= 4 is 11.4 Å². The van der Waals surface area contributed by atoms with Crippen LogP contribution in [0.25, 0.3) is 0 Å². The Kier molecular flexibility index (Phi) is 5.44. The highest BCUT2D eigenvalue weighted by Crippen LogP contribution is 2.38. The van der Waals surface area contributed by atoms with Gasteiger partial charge in [0.1, 0.15) is 23.3 Å². The van der Waals surface area contributed by atoms with Crippen LogP contribution in [0.3, 0.4) is 0 Å². The molecule has 1 atom stereocenters. The van der Waals surface area contributed by atoms with Crippen molar-refractivity contribution in [1.29, 1.82) is 0 Å². The van der Waals surface area contributed by atoms with Gasteiger partial charge in [-0.2, -0.15) is 13.2 Å². The molecule has 7 nitrogen and oxygen atoms in total. The molecule has 0 fully saturated rings. The van der Waals surface area contributed by atoms with Gasteiger partial charge in [-0.05, 0) is 18.2 Å². The molecule has 0 aliphatic heterocycles. The number of nitrogens with zero attached hydrogens (tertiary/aromatic N) is 3. The number of rotatable bonds is 6. The largest absolute Gasteiger partial charge is 0.496 e. The Morgan fingerprint density at radius 2 is 1.97 bits per heavy atom. The Hall–Kier alpha value is -3.56. The fourth-order valence-electron chi connectivity index (χ4n) is 2.98. The number of ether oxygens (including phenoxy) is 1. The van der Waals surface area contributed by atoms with Crippen molar-refractivity contribution in [2.24, 2.45) is 7.05 Å². The van der Waals surface area contributed by atoms with Crippen LogP contribution < -0.4 is 10.1 Å². The van der Waals surface area contributed by atoms with Crippen molar-refractivity contribution in [3.63, 3.8) is 0 Å². The van der Waals surface area contributed by atoms with Gasteiger partial charge < -0.3 is 14.6 Å². The van der Waals surface area contributed by atoms with Gasteiger partial charge in [-0.3, -0.25) is 10.1 Å². The van der Waals surface area contributed by atoms with Gasteiger partial charge in [0.25, 0.3) is 5.69 Å². The van der Waals surface area contributed by atoms with Crippen molar-refractivity contribution in [2.75, 3.05) is 12.4 Å². The average Bonchev–Trinajstić information content (AvgIpc) is 3.10. The number of aryl methyl sites for hydroxylation is 1. The highest BCUT2D eigenvalue weighted by Gasteiger charge is 2.34. The van der Waals surface area contributed by atoms with Crippen LogP contribution in [0.1, 0.15) is 23.0 Å². The molecule has 0 unspecified atom stereocenters. The zero-order valence-electron chi connectivity index (χ0n) is 15.5. The zero-order chi connectivity index (χ0) is 21.2. The molecule has 0 amide bonds. The van der Waals surface area contributed by atoms with Crippen LogP contribution in [0, 0.1) is 10.1 Å². The Bertz CT molecular complexity index is 1030. The lowest BCUT2D eigenvalue weighted by Gasteiger charge is -2.22. The molecule has 0 spiro atoms. The number of hydrogen-bond donors (Lipinski definition) is 1. The van der Waals surface area contributed by atoms with Gasteiger partial charge in [0.05, 0.1) is 17.6 Å². The molecule has 1 heterocycles. The summed E-state index contributed by atoms with van der Waals surface area (Å²) in [5.74, 6) is 1.01. The highest BCUT2D eigenvalue weighted by atomic mass is 19.4. The van der Waals surface area contributed by atoms with Crippen molar-refractivity contribution in [2.45, 2.75) is 12.2 Å². The number of aromatic nitrogens is 2. The molecule has 10 heteroatoms. The minimum Gasteiger partial charge on any atom is -0.496 e. The van der Waals surface area contributed by atoms with Crippen LogP contribution in [0.5, 0.6) is 5.75 Å². The number of nitro groups is 1. The first-order valence-corrected chi connectivity index (χ1v) is 8.44. The van der Waals surface area contributed by atoms with Gasteiger partial charge in [-0.25, -0.2) is 4.98 Å². The molecule has 0 aliphatic carbocycles. The Morgan fingerprint density at radius 3 is 2.55 bits per heavy atom. The topological polar surface area (TPSA) is 82.2 Å². The maximum atomic E-state index is 13.0. The predicted molar refractivity (Wildman–Crippen MR) is 99.8 cm³/mol. The number of halogens is 3. The van der Waals surface area contributed by atoms with E-state index in [1.807, 2.05) is 0 Å². The molecule has 0 radical (unpaired) electrons. The number of methoxy groups -OCH3 is 1. The van der Waals surface area contributed by atoms with Crippen molar-refractivity contribution in [3.8, 4) is 5.75 Å². The van der Waals surface area contributed by atoms with E-state index in [0.717, 1.165) is 12.1 Å². The number of alkyl halides is 3. The first-order valence-electron chi connectivity index (χ1n) is 8.44. The fourth-order valence-corrected chi connectivity index (χ4v) is 2.98. The van der Waals surface area contributed by atoms with E-state index in [0.29, 0.717) is 23.2 Å². The van der Waals surface area contributed by atoms with Crippen molar-refractivity contribution in [3.05, 3.63) is 81.9 Å². The molecule has 0 aliphatic rings. The maximum Gasteiger partial charge on any atom is 0.416 e. The molecule has 0 bridgehead atoms. The minimum absolute atomic E-state index is 0.0677.